The number of piperidine rings is 1. The number of aliphatic hydroxyl groups excluding tert-OH is 1. The quantitative estimate of drug-likeness (QED) is 0.740. The molecule has 1 amide bonds. The minimum atomic E-state index is 0.0839. The Balaban J connectivity index is 2.35. The molecule has 0 aromatic carbocycles. The lowest BCUT2D eigenvalue weighted by molar-refractivity contribution is -0.135. The molecule has 3 heteroatoms. The lowest BCUT2D eigenvalue weighted by atomic mass is 9.88. The van der Waals surface area contributed by atoms with Gasteiger partial charge in [0, 0.05) is 19.5 Å². The minimum absolute atomic E-state index is 0.0839. The third-order valence-electron chi connectivity index (χ3n) is 2.80. The first-order chi connectivity index (χ1) is 6.63. The van der Waals surface area contributed by atoms with E-state index < -0.39 is 0 Å². The van der Waals surface area contributed by atoms with Crippen molar-refractivity contribution in [1.29, 1.82) is 0 Å². The van der Waals surface area contributed by atoms with Crippen LogP contribution < -0.4 is 0 Å². The Bertz CT molecular complexity index is 192. The van der Waals surface area contributed by atoms with Gasteiger partial charge in [-0.2, -0.15) is 0 Å². The molecule has 0 aromatic rings. The van der Waals surface area contributed by atoms with Crippen LogP contribution in [0.1, 0.15) is 33.1 Å². The third kappa shape index (κ3) is 3.29. The lowest BCUT2D eigenvalue weighted by Crippen LogP contribution is -2.40. The van der Waals surface area contributed by atoms with Crippen molar-refractivity contribution < 1.29 is 9.90 Å². The van der Waals surface area contributed by atoms with Gasteiger partial charge in [0.05, 0.1) is 6.61 Å². The lowest BCUT2D eigenvalue weighted by Gasteiger charge is -2.32. The normalized spacial score (nSPS) is 23.3. The molecule has 82 valence electrons. The first-order valence-corrected chi connectivity index (χ1v) is 5.52. The highest BCUT2D eigenvalue weighted by molar-refractivity contribution is 5.77. The summed E-state index contributed by atoms with van der Waals surface area (Å²) in [5.41, 5.74) is 0. The van der Waals surface area contributed by atoms with Gasteiger partial charge in [-0.3, -0.25) is 4.79 Å². The Morgan fingerprint density at radius 2 is 2.29 bits per heavy atom. The number of carbonyl (C=O) groups is 1. The maximum absolute atomic E-state index is 11.6. The second kappa shape index (κ2) is 5.35. The van der Waals surface area contributed by atoms with Crippen molar-refractivity contribution in [3.05, 3.63) is 0 Å². The van der Waals surface area contributed by atoms with E-state index in [9.17, 15) is 4.79 Å². The Kier molecular flexibility index (Phi) is 4.39. The number of aliphatic hydroxyl groups is 1. The van der Waals surface area contributed by atoms with Crippen LogP contribution in [-0.4, -0.2) is 35.6 Å². The van der Waals surface area contributed by atoms with Crippen LogP contribution in [0.4, 0.5) is 0 Å². The summed E-state index contributed by atoms with van der Waals surface area (Å²) in [4.78, 5) is 13.4. The average molecular weight is 199 g/mol. The van der Waals surface area contributed by atoms with Gasteiger partial charge >= 0.3 is 0 Å². The number of nitrogens with zero attached hydrogens (tertiary/aromatic N) is 1. The molecule has 3 nitrogen and oxygen atoms in total. The maximum Gasteiger partial charge on any atom is 0.222 e. The molecule has 14 heavy (non-hydrogen) atoms. The van der Waals surface area contributed by atoms with Crippen LogP contribution in [0.15, 0.2) is 0 Å². The van der Waals surface area contributed by atoms with E-state index in [1.54, 1.807) is 4.90 Å². The standard InChI is InChI=1S/C11H21NO2/c1-9(2)7-10-3-4-12(5-6-13)11(14)8-10/h9-10,13H,3-8H2,1-2H3. The zero-order valence-corrected chi connectivity index (χ0v) is 9.20. The summed E-state index contributed by atoms with van der Waals surface area (Å²) >= 11 is 0. The molecule has 0 spiro atoms. The molecule has 0 aromatic heterocycles. The number of hydrogen-bond acceptors (Lipinski definition) is 2. The van der Waals surface area contributed by atoms with Gasteiger partial charge in [-0.15, -0.1) is 0 Å². The van der Waals surface area contributed by atoms with E-state index in [4.69, 9.17) is 5.11 Å². The monoisotopic (exact) mass is 199 g/mol. The van der Waals surface area contributed by atoms with Gasteiger partial charge in [0.2, 0.25) is 5.91 Å². The summed E-state index contributed by atoms with van der Waals surface area (Å²) in [5, 5.41) is 8.75. The third-order valence-corrected chi connectivity index (χ3v) is 2.80. The molecule has 0 bridgehead atoms. The molecule has 1 saturated heterocycles. The number of amides is 1. The Labute approximate surface area is 86.1 Å². The van der Waals surface area contributed by atoms with E-state index in [-0.39, 0.29) is 12.5 Å². The molecule has 0 saturated carbocycles. The first-order valence-electron chi connectivity index (χ1n) is 5.52. The topological polar surface area (TPSA) is 40.5 Å². The Morgan fingerprint density at radius 3 is 2.79 bits per heavy atom. The van der Waals surface area contributed by atoms with E-state index in [2.05, 4.69) is 13.8 Å². The van der Waals surface area contributed by atoms with Gasteiger partial charge in [-0.25, -0.2) is 0 Å². The van der Waals surface area contributed by atoms with Crippen LogP contribution in [-0.2, 0) is 4.79 Å². The van der Waals surface area contributed by atoms with Crippen LogP contribution in [0.5, 0.6) is 0 Å². The molecule has 1 heterocycles. The molecular formula is C11H21NO2. The van der Waals surface area contributed by atoms with Crippen molar-refractivity contribution in [3.63, 3.8) is 0 Å². The van der Waals surface area contributed by atoms with Crippen molar-refractivity contribution in [1.82, 2.24) is 4.90 Å². The smallest absolute Gasteiger partial charge is 0.222 e. The van der Waals surface area contributed by atoms with Gasteiger partial charge in [-0.05, 0) is 24.7 Å². The summed E-state index contributed by atoms with van der Waals surface area (Å²) in [6.45, 7) is 5.82. The highest BCUT2D eigenvalue weighted by Crippen LogP contribution is 2.24. The second-order valence-corrected chi connectivity index (χ2v) is 4.59. The van der Waals surface area contributed by atoms with Crippen LogP contribution in [0.25, 0.3) is 0 Å². The van der Waals surface area contributed by atoms with Gasteiger partial charge in [0.15, 0.2) is 0 Å². The average Bonchev–Trinajstić information content (AvgIpc) is 2.09. The number of rotatable bonds is 4. The predicted octanol–water partition coefficient (Wildman–Crippen LogP) is 1.26. The van der Waals surface area contributed by atoms with Crippen LogP contribution in [0, 0.1) is 11.8 Å². The molecular weight excluding hydrogens is 178 g/mol. The van der Waals surface area contributed by atoms with E-state index in [1.165, 1.54) is 0 Å². The number of hydrogen-bond donors (Lipinski definition) is 1. The highest BCUT2D eigenvalue weighted by atomic mass is 16.3. The largest absolute Gasteiger partial charge is 0.395 e. The van der Waals surface area contributed by atoms with Crippen molar-refractivity contribution in [3.8, 4) is 0 Å². The SMILES string of the molecule is CC(C)CC1CCN(CCO)C(=O)C1. The fourth-order valence-corrected chi connectivity index (χ4v) is 2.17. The summed E-state index contributed by atoms with van der Waals surface area (Å²) in [5.74, 6) is 1.46. The number of β-amino-alcohol motifs (C(OH)–C–C–N with tert-alkyl or cyclic N) is 1. The molecule has 1 atom stereocenters. The van der Waals surface area contributed by atoms with Crippen LogP contribution >= 0.6 is 0 Å². The molecule has 1 aliphatic rings. The number of likely N-dealkylation sites (tertiary alicyclic amines) is 1. The highest BCUT2D eigenvalue weighted by Gasteiger charge is 2.25. The zero-order chi connectivity index (χ0) is 10.6. The molecule has 1 fully saturated rings. The van der Waals surface area contributed by atoms with Gasteiger partial charge in [0.1, 0.15) is 0 Å². The van der Waals surface area contributed by atoms with E-state index in [0.717, 1.165) is 19.4 Å². The summed E-state index contributed by atoms with van der Waals surface area (Å²) in [6, 6.07) is 0. The molecule has 1 unspecified atom stereocenters. The Morgan fingerprint density at radius 1 is 1.57 bits per heavy atom. The van der Waals surface area contributed by atoms with E-state index in [0.29, 0.717) is 24.8 Å². The second-order valence-electron chi connectivity index (χ2n) is 4.59. The fourth-order valence-electron chi connectivity index (χ4n) is 2.17. The number of carbonyl (C=O) groups excluding carboxylic acids is 1. The summed E-state index contributed by atoms with van der Waals surface area (Å²) < 4.78 is 0. The van der Waals surface area contributed by atoms with E-state index >= 15 is 0 Å². The zero-order valence-electron chi connectivity index (χ0n) is 9.20. The van der Waals surface area contributed by atoms with E-state index in [1.807, 2.05) is 0 Å². The van der Waals surface area contributed by atoms with Crippen LogP contribution in [0.3, 0.4) is 0 Å². The molecule has 0 aliphatic carbocycles. The first kappa shape index (κ1) is 11.5. The Hall–Kier alpha value is -0.570. The van der Waals surface area contributed by atoms with Crippen molar-refractivity contribution in [2.75, 3.05) is 19.7 Å². The van der Waals surface area contributed by atoms with Gasteiger partial charge in [0.25, 0.3) is 0 Å². The minimum Gasteiger partial charge on any atom is -0.395 e. The fraction of sp³-hybridized carbons (Fsp3) is 0.909. The molecule has 1 N–H and O–H groups in total. The maximum atomic E-state index is 11.6. The van der Waals surface area contributed by atoms with Gasteiger partial charge < -0.3 is 10.0 Å². The van der Waals surface area contributed by atoms with Crippen molar-refractivity contribution in [2.24, 2.45) is 11.8 Å². The van der Waals surface area contributed by atoms with Crippen molar-refractivity contribution >= 4 is 5.91 Å². The molecule has 1 aliphatic heterocycles. The molecule has 1 rings (SSSR count). The van der Waals surface area contributed by atoms with Gasteiger partial charge in [-0.1, -0.05) is 13.8 Å². The summed E-state index contributed by atoms with van der Waals surface area (Å²) in [6.07, 6.45) is 2.93. The van der Waals surface area contributed by atoms with Crippen molar-refractivity contribution in [2.45, 2.75) is 33.1 Å². The predicted molar refractivity (Wildman–Crippen MR) is 55.8 cm³/mol. The molecule has 0 radical (unpaired) electrons. The van der Waals surface area contributed by atoms with Crippen LogP contribution in [0.2, 0.25) is 0 Å². The summed E-state index contributed by atoms with van der Waals surface area (Å²) in [7, 11) is 0.